The standard InChI is InChI=1S/C18H15N7/c1-2-3-4-11(7-19)13-9-23-17-15(25-13)12-8-20-10-24-14(12)16-18(17)22-6-5-21-16/h5-6,8-11H,2-4H2,1H3. The molecule has 0 saturated carbocycles. The number of hydrogen-bond acceptors (Lipinski definition) is 7. The van der Waals surface area contributed by atoms with E-state index in [2.05, 4.69) is 37.9 Å². The van der Waals surface area contributed by atoms with Crippen LogP contribution < -0.4 is 0 Å². The highest BCUT2D eigenvalue weighted by atomic mass is 14.9. The van der Waals surface area contributed by atoms with E-state index in [0.717, 1.165) is 24.6 Å². The molecule has 25 heavy (non-hydrogen) atoms. The third-order valence-corrected chi connectivity index (χ3v) is 4.26. The maximum absolute atomic E-state index is 9.50. The average molecular weight is 329 g/mol. The van der Waals surface area contributed by atoms with Gasteiger partial charge in [0.2, 0.25) is 0 Å². The van der Waals surface area contributed by atoms with Crippen molar-refractivity contribution in [2.75, 3.05) is 0 Å². The summed E-state index contributed by atoms with van der Waals surface area (Å²) in [5.74, 6) is -0.269. The minimum atomic E-state index is -0.269. The Bertz CT molecular complexity index is 1080. The molecule has 0 amide bonds. The van der Waals surface area contributed by atoms with Crippen LogP contribution in [0.1, 0.15) is 37.8 Å². The Morgan fingerprint density at radius 2 is 1.72 bits per heavy atom. The van der Waals surface area contributed by atoms with Gasteiger partial charge in [-0.1, -0.05) is 19.8 Å². The third-order valence-electron chi connectivity index (χ3n) is 4.26. The van der Waals surface area contributed by atoms with E-state index in [1.807, 2.05) is 0 Å². The molecule has 3 heterocycles. The van der Waals surface area contributed by atoms with Gasteiger partial charge in [-0.05, 0) is 6.42 Å². The zero-order valence-electron chi connectivity index (χ0n) is 13.7. The van der Waals surface area contributed by atoms with Gasteiger partial charge in [0.25, 0.3) is 0 Å². The number of nitriles is 1. The molecule has 0 bridgehead atoms. The first-order valence-electron chi connectivity index (χ1n) is 8.22. The van der Waals surface area contributed by atoms with E-state index in [4.69, 9.17) is 4.98 Å². The first-order chi connectivity index (χ1) is 12.3. The van der Waals surface area contributed by atoms with E-state index in [-0.39, 0.29) is 5.92 Å². The monoisotopic (exact) mass is 329 g/mol. The van der Waals surface area contributed by atoms with E-state index in [1.54, 1.807) is 24.8 Å². The van der Waals surface area contributed by atoms with Crippen LogP contribution in [-0.2, 0) is 0 Å². The lowest BCUT2D eigenvalue weighted by Gasteiger charge is -2.10. The second-order valence-corrected chi connectivity index (χ2v) is 5.85. The molecule has 7 nitrogen and oxygen atoms in total. The van der Waals surface area contributed by atoms with Gasteiger partial charge in [0, 0.05) is 24.0 Å². The van der Waals surface area contributed by atoms with E-state index < -0.39 is 0 Å². The van der Waals surface area contributed by atoms with Gasteiger partial charge in [-0.15, -0.1) is 0 Å². The predicted octanol–water partition coefficient (Wildman–Crippen LogP) is 3.31. The number of benzene rings is 1. The van der Waals surface area contributed by atoms with E-state index >= 15 is 0 Å². The molecular weight excluding hydrogens is 314 g/mol. The van der Waals surface area contributed by atoms with Crippen LogP contribution in [0.25, 0.3) is 33.0 Å². The number of rotatable bonds is 4. The van der Waals surface area contributed by atoms with Crippen LogP contribution in [-0.4, -0.2) is 29.9 Å². The molecule has 0 radical (unpaired) electrons. The SMILES string of the molecule is CCCCC(C#N)c1cnc2c(n1)c1cncnc1c1nccnc12. The number of unbranched alkanes of at least 4 members (excludes halogenated alkanes) is 1. The first-order valence-corrected chi connectivity index (χ1v) is 8.22. The Morgan fingerprint density at radius 3 is 2.48 bits per heavy atom. The van der Waals surface area contributed by atoms with E-state index in [0.29, 0.717) is 33.3 Å². The van der Waals surface area contributed by atoms with Crippen LogP contribution in [0.5, 0.6) is 0 Å². The van der Waals surface area contributed by atoms with Gasteiger partial charge in [0.05, 0.1) is 23.9 Å². The molecule has 1 aromatic carbocycles. The van der Waals surface area contributed by atoms with Crippen molar-refractivity contribution in [2.45, 2.75) is 32.1 Å². The molecule has 0 aliphatic carbocycles. The van der Waals surface area contributed by atoms with Gasteiger partial charge >= 0.3 is 0 Å². The molecule has 1 unspecified atom stereocenters. The summed E-state index contributed by atoms with van der Waals surface area (Å²) in [6.45, 7) is 2.11. The van der Waals surface area contributed by atoms with Crippen molar-refractivity contribution >= 4 is 33.0 Å². The summed E-state index contributed by atoms with van der Waals surface area (Å²) in [5.41, 5.74) is 4.03. The molecule has 0 aliphatic heterocycles. The molecule has 1 atom stereocenters. The average Bonchev–Trinajstić information content (AvgIpc) is 2.69. The van der Waals surface area contributed by atoms with Crippen molar-refractivity contribution in [3.63, 3.8) is 0 Å². The van der Waals surface area contributed by atoms with Crippen LogP contribution in [0.2, 0.25) is 0 Å². The maximum Gasteiger partial charge on any atom is 0.119 e. The predicted molar refractivity (Wildman–Crippen MR) is 93.6 cm³/mol. The summed E-state index contributed by atoms with van der Waals surface area (Å²) in [6, 6.07) is 2.34. The molecule has 122 valence electrons. The molecule has 3 aromatic heterocycles. The lowest BCUT2D eigenvalue weighted by molar-refractivity contribution is 0.659. The van der Waals surface area contributed by atoms with Gasteiger partial charge in [-0.2, -0.15) is 5.26 Å². The second-order valence-electron chi connectivity index (χ2n) is 5.85. The summed E-state index contributed by atoms with van der Waals surface area (Å²) in [5, 5.41) is 10.3. The van der Waals surface area contributed by atoms with Crippen molar-refractivity contribution in [3.05, 3.63) is 36.8 Å². The molecule has 7 heteroatoms. The Hall–Kier alpha value is -3.27. The molecular formula is C18H15N7. The highest BCUT2D eigenvalue weighted by Crippen LogP contribution is 2.30. The molecule has 0 fully saturated rings. The number of nitrogens with zero attached hydrogens (tertiary/aromatic N) is 7. The van der Waals surface area contributed by atoms with Crippen molar-refractivity contribution < 1.29 is 0 Å². The molecule has 0 aliphatic rings. The fourth-order valence-electron chi connectivity index (χ4n) is 2.99. The molecule has 0 spiro atoms. The van der Waals surface area contributed by atoms with Gasteiger partial charge in [-0.3, -0.25) is 15.0 Å². The third kappa shape index (κ3) is 2.52. The first kappa shape index (κ1) is 15.3. The Kier molecular flexibility index (Phi) is 3.86. The smallest absolute Gasteiger partial charge is 0.119 e. The van der Waals surface area contributed by atoms with Crippen molar-refractivity contribution in [1.82, 2.24) is 29.9 Å². The van der Waals surface area contributed by atoms with Crippen LogP contribution in [0.4, 0.5) is 0 Å². The fraction of sp³-hybridized carbons (Fsp3) is 0.278. The van der Waals surface area contributed by atoms with Gasteiger partial charge in [-0.25, -0.2) is 15.0 Å². The number of hydrogen-bond donors (Lipinski definition) is 0. The molecule has 4 rings (SSSR count). The Labute approximate surface area is 143 Å². The fourth-order valence-corrected chi connectivity index (χ4v) is 2.99. The maximum atomic E-state index is 9.50. The lowest BCUT2D eigenvalue weighted by atomic mass is 10.00. The largest absolute Gasteiger partial charge is 0.251 e. The van der Waals surface area contributed by atoms with E-state index in [1.165, 1.54) is 6.33 Å². The zero-order chi connectivity index (χ0) is 17.2. The topological polar surface area (TPSA) is 101 Å². The van der Waals surface area contributed by atoms with Crippen LogP contribution >= 0.6 is 0 Å². The summed E-state index contributed by atoms with van der Waals surface area (Å²) >= 11 is 0. The minimum absolute atomic E-state index is 0.269. The highest BCUT2D eigenvalue weighted by Gasteiger charge is 2.17. The van der Waals surface area contributed by atoms with Gasteiger partial charge < -0.3 is 0 Å². The number of fused-ring (bicyclic) bond motifs is 6. The van der Waals surface area contributed by atoms with Crippen molar-refractivity contribution in [2.24, 2.45) is 0 Å². The van der Waals surface area contributed by atoms with Crippen LogP contribution in [0.3, 0.4) is 0 Å². The van der Waals surface area contributed by atoms with Crippen LogP contribution in [0.15, 0.2) is 31.1 Å². The highest BCUT2D eigenvalue weighted by molar-refractivity contribution is 6.18. The Balaban J connectivity index is 2.03. The minimum Gasteiger partial charge on any atom is -0.251 e. The summed E-state index contributed by atoms with van der Waals surface area (Å²) in [6.07, 6.45) is 10.9. The van der Waals surface area contributed by atoms with Crippen molar-refractivity contribution in [3.8, 4) is 6.07 Å². The van der Waals surface area contributed by atoms with Crippen molar-refractivity contribution in [1.29, 1.82) is 5.26 Å². The normalized spacial score (nSPS) is 12.5. The lowest BCUT2D eigenvalue weighted by Crippen LogP contribution is -2.02. The zero-order valence-corrected chi connectivity index (χ0v) is 13.7. The van der Waals surface area contributed by atoms with Crippen LogP contribution in [0, 0.1) is 11.3 Å². The molecule has 0 N–H and O–H groups in total. The summed E-state index contributed by atoms with van der Waals surface area (Å²) in [7, 11) is 0. The van der Waals surface area contributed by atoms with E-state index in [9.17, 15) is 5.26 Å². The van der Waals surface area contributed by atoms with Gasteiger partial charge in [0.1, 0.15) is 33.9 Å². The molecule has 0 saturated heterocycles. The molecule has 4 aromatic rings. The Morgan fingerprint density at radius 1 is 0.960 bits per heavy atom. The summed E-state index contributed by atoms with van der Waals surface area (Å²) < 4.78 is 0. The summed E-state index contributed by atoms with van der Waals surface area (Å²) in [4.78, 5) is 26.6. The number of aromatic nitrogens is 6. The quantitative estimate of drug-likeness (QED) is 0.529. The second kappa shape index (κ2) is 6.32. The van der Waals surface area contributed by atoms with Gasteiger partial charge in [0.15, 0.2) is 0 Å².